The number of carboxylic acids is 1. The maximum Gasteiger partial charge on any atom is 0.335 e. The fourth-order valence-electron chi connectivity index (χ4n) is 3.83. The van der Waals surface area contributed by atoms with E-state index in [1.54, 1.807) is 12.1 Å². The maximum absolute atomic E-state index is 12.8. The largest absolute Gasteiger partial charge is 0.478 e. The van der Waals surface area contributed by atoms with E-state index in [2.05, 4.69) is 34.4 Å². The van der Waals surface area contributed by atoms with Gasteiger partial charge in [0.1, 0.15) is 0 Å². The number of aromatic nitrogens is 1. The second-order valence-electron chi connectivity index (χ2n) is 7.52. The number of carboxylic acid groups (broad SMARTS) is 1. The first-order valence-corrected chi connectivity index (χ1v) is 10.4. The first-order chi connectivity index (χ1) is 14.8. The van der Waals surface area contributed by atoms with Crippen molar-refractivity contribution >= 4 is 35.1 Å². The van der Waals surface area contributed by atoms with Gasteiger partial charge in [-0.3, -0.25) is 9.59 Å². The van der Waals surface area contributed by atoms with Crippen LogP contribution in [0.2, 0.25) is 0 Å². The number of amides is 2. The van der Waals surface area contributed by atoms with Crippen LogP contribution in [0.3, 0.4) is 0 Å². The summed E-state index contributed by atoms with van der Waals surface area (Å²) >= 11 is 0. The molecule has 31 heavy (non-hydrogen) atoms. The van der Waals surface area contributed by atoms with Crippen molar-refractivity contribution in [3.05, 3.63) is 51.8 Å². The Morgan fingerprint density at radius 2 is 1.90 bits per heavy atom. The van der Waals surface area contributed by atoms with Crippen LogP contribution in [-0.2, 0) is 4.79 Å². The zero-order valence-electron chi connectivity index (χ0n) is 18.3. The Morgan fingerprint density at radius 1 is 1.19 bits per heavy atom. The van der Waals surface area contributed by atoms with Crippen LogP contribution in [0.25, 0.3) is 11.6 Å². The van der Waals surface area contributed by atoms with Gasteiger partial charge < -0.3 is 25.6 Å². The molecule has 1 aromatic heterocycles. The fourth-order valence-corrected chi connectivity index (χ4v) is 3.83. The van der Waals surface area contributed by atoms with E-state index in [1.165, 1.54) is 12.1 Å². The summed E-state index contributed by atoms with van der Waals surface area (Å²) in [5, 5.41) is 14.8. The number of anilines is 1. The first kappa shape index (κ1) is 22.3. The van der Waals surface area contributed by atoms with Gasteiger partial charge in [0.25, 0.3) is 11.8 Å². The number of carbonyl (C=O) groups is 3. The van der Waals surface area contributed by atoms with Crippen molar-refractivity contribution in [2.45, 2.75) is 27.7 Å². The van der Waals surface area contributed by atoms with Crippen molar-refractivity contribution in [2.24, 2.45) is 0 Å². The molecule has 164 valence electrons. The van der Waals surface area contributed by atoms with E-state index in [9.17, 15) is 14.4 Å². The molecule has 0 bridgehead atoms. The summed E-state index contributed by atoms with van der Waals surface area (Å²) < 4.78 is 0. The van der Waals surface area contributed by atoms with Gasteiger partial charge in [-0.15, -0.1) is 0 Å². The number of hydrogen-bond donors (Lipinski definition) is 4. The normalized spacial score (nSPS) is 14.1. The third-order valence-corrected chi connectivity index (χ3v) is 5.65. The molecule has 3 rings (SSSR count). The van der Waals surface area contributed by atoms with E-state index in [4.69, 9.17) is 5.11 Å². The Morgan fingerprint density at radius 3 is 2.55 bits per heavy atom. The summed E-state index contributed by atoms with van der Waals surface area (Å²) in [5.74, 6) is -1.51. The van der Waals surface area contributed by atoms with Crippen molar-refractivity contribution in [3.63, 3.8) is 0 Å². The molecular weight excluding hydrogens is 396 g/mol. The lowest BCUT2D eigenvalue weighted by molar-refractivity contribution is -0.110. The molecule has 8 nitrogen and oxygen atoms in total. The highest BCUT2D eigenvalue weighted by Crippen LogP contribution is 2.34. The molecule has 0 aliphatic carbocycles. The second kappa shape index (κ2) is 9.18. The molecule has 0 fully saturated rings. The van der Waals surface area contributed by atoms with Gasteiger partial charge in [0.05, 0.1) is 16.7 Å². The van der Waals surface area contributed by atoms with Crippen molar-refractivity contribution in [2.75, 3.05) is 31.5 Å². The third-order valence-electron chi connectivity index (χ3n) is 5.65. The topological polar surface area (TPSA) is 115 Å². The van der Waals surface area contributed by atoms with Gasteiger partial charge in [-0.05, 0) is 50.7 Å². The lowest BCUT2D eigenvalue weighted by atomic mass is 10.0. The Balaban J connectivity index is 1.84. The van der Waals surface area contributed by atoms with Crippen LogP contribution in [0.5, 0.6) is 0 Å². The fraction of sp³-hybridized carbons (Fsp3) is 0.348. The van der Waals surface area contributed by atoms with E-state index in [0.717, 1.165) is 30.9 Å². The molecule has 1 aliphatic rings. The van der Waals surface area contributed by atoms with Crippen LogP contribution >= 0.6 is 0 Å². The van der Waals surface area contributed by atoms with Crippen molar-refractivity contribution in [3.8, 4) is 0 Å². The van der Waals surface area contributed by atoms with Crippen LogP contribution in [0.15, 0.2) is 18.2 Å². The van der Waals surface area contributed by atoms with Crippen molar-refractivity contribution < 1.29 is 19.5 Å². The highest BCUT2D eigenvalue weighted by Gasteiger charge is 2.26. The average Bonchev–Trinajstić information content (AvgIpc) is 3.20. The molecule has 0 radical (unpaired) electrons. The highest BCUT2D eigenvalue weighted by molar-refractivity contribution is 6.35. The minimum Gasteiger partial charge on any atom is -0.478 e. The molecule has 1 aliphatic heterocycles. The number of rotatable bonds is 8. The lowest BCUT2D eigenvalue weighted by Crippen LogP contribution is -2.35. The lowest BCUT2D eigenvalue weighted by Gasteiger charge is -2.18. The van der Waals surface area contributed by atoms with E-state index < -0.39 is 5.97 Å². The van der Waals surface area contributed by atoms with Crippen LogP contribution in [-0.4, -0.2) is 59.0 Å². The molecule has 8 heteroatoms. The van der Waals surface area contributed by atoms with E-state index in [0.29, 0.717) is 34.6 Å². The minimum atomic E-state index is -1.05. The number of nitrogens with zero attached hydrogens (tertiary/aromatic N) is 1. The molecule has 1 aromatic carbocycles. The van der Waals surface area contributed by atoms with Gasteiger partial charge in [0.15, 0.2) is 0 Å². The number of nitrogens with one attached hydrogen (secondary N) is 3. The number of carbonyl (C=O) groups excluding carboxylic acids is 2. The Kier molecular flexibility index (Phi) is 6.60. The molecule has 0 unspecified atom stereocenters. The maximum atomic E-state index is 12.8. The van der Waals surface area contributed by atoms with Crippen LogP contribution in [0, 0.1) is 13.8 Å². The summed E-state index contributed by atoms with van der Waals surface area (Å²) in [4.78, 5) is 41.9. The SMILES string of the molecule is CCN(CC)CCNC(=O)c1c(C)[nH]c(/C=C2\C(=O)Nc3cc(C(=O)O)ccc32)c1C. The van der Waals surface area contributed by atoms with Gasteiger partial charge in [-0.25, -0.2) is 4.79 Å². The number of benzene rings is 1. The van der Waals surface area contributed by atoms with Crippen molar-refractivity contribution in [1.82, 2.24) is 15.2 Å². The molecule has 0 atom stereocenters. The quantitative estimate of drug-likeness (QED) is 0.487. The van der Waals surface area contributed by atoms with Crippen LogP contribution in [0.1, 0.15) is 57.1 Å². The van der Waals surface area contributed by atoms with Crippen LogP contribution < -0.4 is 10.6 Å². The minimum absolute atomic E-state index is 0.107. The third kappa shape index (κ3) is 4.54. The number of likely N-dealkylation sites (N-methyl/N-ethyl adjacent to an activating group) is 1. The Labute approximate surface area is 181 Å². The number of aromatic amines is 1. The number of H-pyrrole nitrogens is 1. The zero-order chi connectivity index (χ0) is 22.7. The zero-order valence-corrected chi connectivity index (χ0v) is 18.3. The summed E-state index contributed by atoms with van der Waals surface area (Å²) in [7, 11) is 0. The second-order valence-corrected chi connectivity index (χ2v) is 7.52. The van der Waals surface area contributed by atoms with Gasteiger partial charge >= 0.3 is 5.97 Å². The summed E-state index contributed by atoms with van der Waals surface area (Å²) in [5.41, 5.74) is 4.36. The number of aromatic carboxylic acids is 1. The molecule has 0 spiro atoms. The molecule has 2 aromatic rings. The molecule has 0 saturated carbocycles. The number of aryl methyl sites for hydroxylation is 1. The summed E-state index contributed by atoms with van der Waals surface area (Å²) in [6.07, 6.45) is 1.70. The molecule has 2 amide bonds. The average molecular weight is 425 g/mol. The summed E-state index contributed by atoms with van der Waals surface area (Å²) in [6, 6.07) is 4.53. The van der Waals surface area contributed by atoms with Gasteiger partial charge in [0.2, 0.25) is 0 Å². The van der Waals surface area contributed by atoms with E-state index >= 15 is 0 Å². The summed E-state index contributed by atoms with van der Waals surface area (Å²) in [6.45, 7) is 11.1. The Hall–Kier alpha value is -3.39. The first-order valence-electron chi connectivity index (χ1n) is 10.4. The molecule has 2 heterocycles. The number of hydrogen-bond acceptors (Lipinski definition) is 4. The number of fused-ring (bicyclic) bond motifs is 1. The van der Waals surface area contributed by atoms with E-state index in [1.807, 2.05) is 13.8 Å². The highest BCUT2D eigenvalue weighted by atomic mass is 16.4. The predicted octanol–water partition coefficient (Wildman–Crippen LogP) is 2.89. The van der Waals surface area contributed by atoms with E-state index in [-0.39, 0.29) is 17.4 Å². The molecule has 0 saturated heterocycles. The van der Waals surface area contributed by atoms with Gasteiger partial charge in [-0.1, -0.05) is 19.9 Å². The van der Waals surface area contributed by atoms with Gasteiger partial charge in [0, 0.05) is 35.7 Å². The smallest absolute Gasteiger partial charge is 0.335 e. The van der Waals surface area contributed by atoms with Crippen LogP contribution in [0.4, 0.5) is 5.69 Å². The molecule has 4 N–H and O–H groups in total. The molecular formula is C23H28N4O4. The Bertz CT molecular complexity index is 1060. The monoisotopic (exact) mass is 424 g/mol. The predicted molar refractivity (Wildman–Crippen MR) is 120 cm³/mol. The standard InChI is InChI=1S/C23H28N4O4/c1-5-27(6-2)10-9-24-22(29)20-13(3)18(25-14(20)4)12-17-16-8-7-15(23(30)31)11-19(16)26-21(17)28/h7-8,11-12,25H,5-6,9-10H2,1-4H3,(H,24,29)(H,26,28)(H,30,31)/b17-12-. The van der Waals surface area contributed by atoms with Gasteiger partial charge in [-0.2, -0.15) is 0 Å². The van der Waals surface area contributed by atoms with Crippen molar-refractivity contribution in [1.29, 1.82) is 0 Å².